The first-order valence-corrected chi connectivity index (χ1v) is 10.8. The van der Waals surface area contributed by atoms with Crippen LogP contribution in [0.5, 0.6) is 0 Å². The summed E-state index contributed by atoms with van der Waals surface area (Å²) in [5, 5.41) is 13.1. The summed E-state index contributed by atoms with van der Waals surface area (Å²) < 4.78 is 5.36. The van der Waals surface area contributed by atoms with Crippen LogP contribution in [0, 0.1) is 10.1 Å². The van der Waals surface area contributed by atoms with Crippen LogP contribution in [0.4, 0.5) is 5.69 Å². The number of carbonyl (C=O) groups excluding carboxylic acids is 3. The molecule has 2 aromatic rings. The molecule has 0 aliphatic carbocycles. The Morgan fingerprint density at radius 2 is 1.88 bits per heavy atom. The van der Waals surface area contributed by atoms with Crippen molar-refractivity contribution in [1.29, 1.82) is 0 Å². The normalized spacial score (nSPS) is 21.9. The molecule has 9 nitrogen and oxygen atoms in total. The molecule has 0 bridgehead atoms. The highest BCUT2D eigenvalue weighted by molar-refractivity contribution is 8.00. The first-order chi connectivity index (χ1) is 15.4. The summed E-state index contributed by atoms with van der Waals surface area (Å²) in [7, 11) is 0. The Labute approximate surface area is 187 Å². The zero-order chi connectivity index (χ0) is 22.8. The number of thioether (sulfide) groups is 1. The first-order valence-electron chi connectivity index (χ1n) is 9.74. The third-order valence-corrected chi connectivity index (χ3v) is 6.64. The van der Waals surface area contributed by atoms with E-state index in [4.69, 9.17) is 4.74 Å². The lowest BCUT2D eigenvalue weighted by atomic mass is 9.98. The van der Waals surface area contributed by atoms with Crippen molar-refractivity contribution in [3.63, 3.8) is 0 Å². The van der Waals surface area contributed by atoms with Crippen LogP contribution < -0.4 is 5.32 Å². The van der Waals surface area contributed by atoms with Gasteiger partial charge in [0.25, 0.3) is 11.6 Å². The molecule has 0 radical (unpaired) electrons. The molecule has 32 heavy (non-hydrogen) atoms. The molecule has 3 atom stereocenters. The van der Waals surface area contributed by atoms with E-state index in [1.54, 1.807) is 30.3 Å². The number of nitro groups is 1. The van der Waals surface area contributed by atoms with E-state index >= 15 is 0 Å². The summed E-state index contributed by atoms with van der Waals surface area (Å²) in [6, 6.07) is 12.6. The number of ether oxygens (including phenoxy) is 1. The minimum atomic E-state index is -0.934. The number of non-ortho nitro benzene ring substituents is 1. The van der Waals surface area contributed by atoms with Crippen molar-refractivity contribution < 1.29 is 24.0 Å². The van der Waals surface area contributed by atoms with E-state index in [1.165, 1.54) is 40.9 Å². The van der Waals surface area contributed by atoms with Gasteiger partial charge in [0.15, 0.2) is 6.04 Å². The van der Waals surface area contributed by atoms with Gasteiger partial charge in [0.2, 0.25) is 5.91 Å². The van der Waals surface area contributed by atoms with Crippen molar-refractivity contribution in [2.75, 3.05) is 5.75 Å². The smallest absolute Gasteiger partial charge is 0.333 e. The maximum atomic E-state index is 12.8. The van der Waals surface area contributed by atoms with Gasteiger partial charge in [-0.3, -0.25) is 19.7 Å². The Morgan fingerprint density at radius 3 is 2.53 bits per heavy atom. The fourth-order valence-corrected chi connectivity index (χ4v) is 4.89. The number of rotatable bonds is 6. The SMILES string of the molecule is C=C1CS[C@H]2[C@H](NC(=O)c3ccccc3)C(=O)N2C1C(=O)OCc1ccc([N+](=O)[O-])cc1. The minimum Gasteiger partial charge on any atom is -0.459 e. The second-order valence-electron chi connectivity index (χ2n) is 7.36. The molecular weight excluding hydrogens is 434 g/mol. The van der Waals surface area contributed by atoms with Crippen LogP contribution >= 0.6 is 11.8 Å². The van der Waals surface area contributed by atoms with Crippen molar-refractivity contribution in [3.05, 3.63) is 88.0 Å². The topological polar surface area (TPSA) is 119 Å². The molecule has 4 rings (SSSR count). The third kappa shape index (κ3) is 4.09. The van der Waals surface area contributed by atoms with E-state index in [9.17, 15) is 24.5 Å². The zero-order valence-corrected chi connectivity index (χ0v) is 17.6. The summed E-state index contributed by atoms with van der Waals surface area (Å²) in [6.45, 7) is 3.82. The summed E-state index contributed by atoms with van der Waals surface area (Å²) in [5.74, 6) is -0.903. The number of β-lactam (4-membered cyclic amide) rings is 1. The third-order valence-electron chi connectivity index (χ3n) is 5.26. The van der Waals surface area contributed by atoms with Crippen LogP contribution in [0.2, 0.25) is 0 Å². The van der Waals surface area contributed by atoms with E-state index in [1.807, 2.05) is 0 Å². The van der Waals surface area contributed by atoms with E-state index in [0.717, 1.165) is 0 Å². The Bertz CT molecular complexity index is 1090. The molecule has 10 heteroatoms. The lowest BCUT2D eigenvalue weighted by Gasteiger charge is -2.52. The standard InChI is InChI=1S/C22H19N3O6S/c1-13-12-32-21-17(23-19(26)15-5-3-2-4-6-15)20(27)24(21)18(13)22(28)31-11-14-7-9-16(10-8-14)25(29)30/h2-10,17-18,21H,1,11-12H2,(H,23,26)/t17-,18?,21+/m1/s1. The molecule has 1 N–H and O–H groups in total. The van der Waals surface area contributed by atoms with Crippen molar-refractivity contribution in [2.24, 2.45) is 0 Å². The Kier molecular flexibility index (Phi) is 5.95. The minimum absolute atomic E-state index is 0.0598. The lowest BCUT2D eigenvalue weighted by Crippen LogP contribution is -2.74. The lowest BCUT2D eigenvalue weighted by molar-refractivity contribution is -0.384. The second-order valence-corrected chi connectivity index (χ2v) is 8.46. The van der Waals surface area contributed by atoms with Gasteiger partial charge in [0.1, 0.15) is 18.0 Å². The highest BCUT2D eigenvalue weighted by Crippen LogP contribution is 2.40. The molecule has 164 valence electrons. The predicted molar refractivity (Wildman–Crippen MR) is 117 cm³/mol. The van der Waals surface area contributed by atoms with Gasteiger partial charge < -0.3 is 15.0 Å². The highest BCUT2D eigenvalue weighted by atomic mass is 32.2. The van der Waals surface area contributed by atoms with Gasteiger partial charge >= 0.3 is 5.97 Å². The molecule has 0 saturated carbocycles. The van der Waals surface area contributed by atoms with Crippen molar-refractivity contribution in [3.8, 4) is 0 Å². The van der Waals surface area contributed by atoms with Crippen molar-refractivity contribution in [2.45, 2.75) is 24.1 Å². The van der Waals surface area contributed by atoms with Crippen LogP contribution in [-0.4, -0.2) is 50.8 Å². The summed E-state index contributed by atoms with van der Waals surface area (Å²) >= 11 is 1.43. The molecule has 2 aliphatic rings. The second kappa shape index (κ2) is 8.83. The Morgan fingerprint density at radius 1 is 1.19 bits per heavy atom. The number of hydrogen-bond acceptors (Lipinski definition) is 7. The number of amides is 2. The number of fused-ring (bicyclic) bond motifs is 1. The number of hydrogen-bond donors (Lipinski definition) is 1. The summed E-state index contributed by atoms with van der Waals surface area (Å²) in [5.41, 5.74) is 1.51. The van der Waals surface area contributed by atoms with Gasteiger partial charge in [0.05, 0.1) is 4.92 Å². The maximum Gasteiger partial charge on any atom is 0.333 e. The number of carbonyl (C=O) groups is 3. The molecule has 0 spiro atoms. The molecule has 0 aromatic heterocycles. The Hall–Kier alpha value is -3.66. The van der Waals surface area contributed by atoms with E-state index in [2.05, 4.69) is 11.9 Å². The van der Waals surface area contributed by atoms with E-state index < -0.39 is 28.4 Å². The average Bonchev–Trinajstić information content (AvgIpc) is 2.81. The van der Waals surface area contributed by atoms with Crippen LogP contribution in [0.15, 0.2) is 66.7 Å². The number of benzene rings is 2. The largest absolute Gasteiger partial charge is 0.459 e. The Balaban J connectivity index is 1.39. The molecule has 2 fully saturated rings. The number of nitro benzene ring substituents is 1. The summed E-state index contributed by atoms with van der Waals surface area (Å²) in [4.78, 5) is 49.6. The molecule has 2 heterocycles. The fourth-order valence-electron chi connectivity index (χ4n) is 3.58. The van der Waals surface area contributed by atoms with Crippen molar-refractivity contribution in [1.82, 2.24) is 10.2 Å². The number of nitrogens with zero attached hydrogens (tertiary/aromatic N) is 2. The summed E-state index contributed by atoms with van der Waals surface area (Å²) in [6.07, 6.45) is 0. The number of esters is 1. The molecule has 2 amide bonds. The van der Waals surface area contributed by atoms with E-state index in [-0.39, 0.29) is 24.1 Å². The average molecular weight is 453 g/mol. The molecular formula is C22H19N3O6S. The van der Waals surface area contributed by atoms with Gasteiger partial charge in [0, 0.05) is 23.4 Å². The van der Waals surface area contributed by atoms with Gasteiger partial charge in [-0.25, -0.2) is 4.79 Å². The maximum absolute atomic E-state index is 12.8. The van der Waals surface area contributed by atoms with Crippen LogP contribution in [0.3, 0.4) is 0 Å². The van der Waals surface area contributed by atoms with Gasteiger partial charge in [-0.05, 0) is 35.4 Å². The molecule has 2 aliphatic heterocycles. The quantitative estimate of drug-likeness (QED) is 0.234. The first kappa shape index (κ1) is 21.6. The van der Waals surface area contributed by atoms with Crippen LogP contribution in [0.25, 0.3) is 0 Å². The van der Waals surface area contributed by atoms with E-state index in [0.29, 0.717) is 22.5 Å². The van der Waals surface area contributed by atoms with Gasteiger partial charge in [-0.1, -0.05) is 24.8 Å². The molecule has 1 unspecified atom stereocenters. The van der Waals surface area contributed by atoms with Crippen molar-refractivity contribution >= 4 is 35.2 Å². The fraction of sp³-hybridized carbons (Fsp3) is 0.227. The zero-order valence-electron chi connectivity index (χ0n) is 16.8. The number of nitrogens with one attached hydrogen (secondary N) is 1. The highest BCUT2D eigenvalue weighted by Gasteiger charge is 2.56. The van der Waals surface area contributed by atoms with Crippen LogP contribution in [0.1, 0.15) is 15.9 Å². The van der Waals surface area contributed by atoms with Gasteiger partial charge in [-0.15, -0.1) is 11.8 Å². The van der Waals surface area contributed by atoms with Crippen LogP contribution in [-0.2, 0) is 20.9 Å². The van der Waals surface area contributed by atoms with Gasteiger partial charge in [-0.2, -0.15) is 0 Å². The monoisotopic (exact) mass is 453 g/mol. The molecule has 2 saturated heterocycles. The molecule has 2 aromatic carbocycles. The predicted octanol–water partition coefficient (Wildman–Crippen LogP) is 2.28.